The van der Waals surface area contributed by atoms with E-state index in [0.29, 0.717) is 5.69 Å². The number of hydrogen-bond donors (Lipinski definition) is 1. The van der Waals surface area contributed by atoms with Gasteiger partial charge in [-0.2, -0.15) is 0 Å². The molecule has 2 aromatic carbocycles. The molecule has 0 radical (unpaired) electrons. The smallest absolute Gasteiger partial charge is 0.338 e. The lowest BCUT2D eigenvalue weighted by molar-refractivity contribution is -0.129. The Labute approximate surface area is 173 Å². The van der Waals surface area contributed by atoms with Crippen LogP contribution >= 0.6 is 0 Å². The Bertz CT molecular complexity index is 937. The number of amides is 3. The second-order valence-electron chi connectivity index (χ2n) is 6.78. The molecule has 2 aromatic rings. The van der Waals surface area contributed by atoms with Crippen molar-refractivity contribution in [3.05, 3.63) is 59.7 Å². The van der Waals surface area contributed by atoms with E-state index in [1.165, 1.54) is 31.2 Å². The Hall–Kier alpha value is -3.68. The van der Waals surface area contributed by atoms with Crippen molar-refractivity contribution in [2.75, 3.05) is 12.0 Å². The summed E-state index contributed by atoms with van der Waals surface area (Å²) in [6.07, 6.45) is -0.616. The third-order valence-electron chi connectivity index (χ3n) is 4.69. The monoisotopic (exact) mass is 410 g/mol. The largest absolute Gasteiger partial charge is 0.497 e. The first-order valence-corrected chi connectivity index (χ1v) is 9.46. The van der Waals surface area contributed by atoms with Gasteiger partial charge in [-0.3, -0.25) is 19.3 Å². The highest BCUT2D eigenvalue weighted by Gasteiger charge is 2.30. The second kappa shape index (κ2) is 9.21. The molecule has 0 aromatic heterocycles. The Balaban J connectivity index is 1.53. The van der Waals surface area contributed by atoms with Crippen LogP contribution in [0.15, 0.2) is 48.5 Å². The molecule has 1 aliphatic heterocycles. The van der Waals surface area contributed by atoms with Crippen molar-refractivity contribution in [2.45, 2.75) is 32.4 Å². The lowest BCUT2D eigenvalue weighted by Crippen LogP contribution is -2.35. The van der Waals surface area contributed by atoms with Gasteiger partial charge in [-0.25, -0.2) is 4.79 Å². The zero-order valence-electron chi connectivity index (χ0n) is 16.7. The van der Waals surface area contributed by atoms with Crippen molar-refractivity contribution < 1.29 is 28.7 Å². The molecule has 30 heavy (non-hydrogen) atoms. The maximum absolute atomic E-state index is 12.3. The number of imide groups is 1. The molecule has 8 nitrogen and oxygen atoms in total. The van der Waals surface area contributed by atoms with Gasteiger partial charge in [0.05, 0.1) is 18.4 Å². The summed E-state index contributed by atoms with van der Waals surface area (Å²) in [5, 5.41) is 2.71. The van der Waals surface area contributed by atoms with Crippen molar-refractivity contribution in [3.8, 4) is 5.75 Å². The van der Waals surface area contributed by atoms with E-state index < -0.39 is 18.0 Å². The third kappa shape index (κ3) is 4.83. The number of hydrogen-bond acceptors (Lipinski definition) is 6. The second-order valence-corrected chi connectivity index (χ2v) is 6.78. The minimum atomic E-state index is -0.989. The predicted molar refractivity (Wildman–Crippen MR) is 108 cm³/mol. The molecule has 0 spiro atoms. The van der Waals surface area contributed by atoms with Crippen molar-refractivity contribution >= 4 is 29.4 Å². The molecule has 0 saturated carbocycles. The van der Waals surface area contributed by atoms with Crippen LogP contribution in [0.4, 0.5) is 5.69 Å². The minimum absolute atomic E-state index is 0.186. The fourth-order valence-electron chi connectivity index (χ4n) is 2.97. The summed E-state index contributed by atoms with van der Waals surface area (Å²) >= 11 is 0. The molecule has 1 heterocycles. The topological polar surface area (TPSA) is 102 Å². The van der Waals surface area contributed by atoms with E-state index >= 15 is 0 Å². The molecule has 3 amide bonds. The number of nitrogens with zero attached hydrogens (tertiary/aromatic N) is 1. The number of anilines is 1. The van der Waals surface area contributed by atoms with Gasteiger partial charge < -0.3 is 14.8 Å². The Kier molecular flexibility index (Phi) is 6.46. The molecule has 0 bridgehead atoms. The standard InChI is InChI=1S/C22H22N2O6/c1-14(21(27)23-13-15-3-9-18(29-2)10-4-15)30-22(28)16-5-7-17(8-6-16)24-19(25)11-12-20(24)26/h3-10,14H,11-13H2,1-2H3,(H,23,27)/t14-/m1/s1. The molecule has 8 heteroatoms. The summed E-state index contributed by atoms with van der Waals surface area (Å²) in [5.41, 5.74) is 1.50. The maximum atomic E-state index is 12.3. The van der Waals surface area contributed by atoms with E-state index in [4.69, 9.17) is 9.47 Å². The number of ether oxygens (including phenoxy) is 2. The maximum Gasteiger partial charge on any atom is 0.338 e. The van der Waals surface area contributed by atoms with Crippen LogP contribution in [0.1, 0.15) is 35.7 Å². The summed E-state index contributed by atoms with van der Waals surface area (Å²) in [6.45, 7) is 1.77. The molecule has 3 rings (SSSR count). The van der Waals surface area contributed by atoms with E-state index in [-0.39, 0.29) is 36.8 Å². The Morgan fingerprint density at radius 1 is 1.00 bits per heavy atom. The first kappa shape index (κ1) is 21.0. The first-order valence-electron chi connectivity index (χ1n) is 9.46. The SMILES string of the molecule is COc1ccc(CNC(=O)[C@@H](C)OC(=O)c2ccc(N3C(=O)CCC3=O)cc2)cc1. The van der Waals surface area contributed by atoms with E-state index in [1.54, 1.807) is 19.2 Å². The number of benzene rings is 2. The van der Waals surface area contributed by atoms with Crippen LogP contribution in [0.25, 0.3) is 0 Å². The molecular weight excluding hydrogens is 388 g/mol. The highest BCUT2D eigenvalue weighted by atomic mass is 16.5. The molecule has 1 aliphatic rings. The quantitative estimate of drug-likeness (QED) is 0.555. The zero-order valence-corrected chi connectivity index (χ0v) is 16.7. The average molecular weight is 410 g/mol. The fraction of sp³-hybridized carbons (Fsp3) is 0.273. The number of esters is 1. The van der Waals surface area contributed by atoms with Gasteiger partial charge in [0.15, 0.2) is 6.10 Å². The molecule has 0 aliphatic carbocycles. The average Bonchev–Trinajstić information content (AvgIpc) is 3.10. The lowest BCUT2D eigenvalue weighted by atomic mass is 10.2. The molecule has 1 N–H and O–H groups in total. The summed E-state index contributed by atoms with van der Waals surface area (Å²) in [5.74, 6) is -0.913. The van der Waals surface area contributed by atoms with Crippen molar-refractivity contribution in [1.82, 2.24) is 5.32 Å². The number of nitrogens with one attached hydrogen (secondary N) is 1. The third-order valence-corrected chi connectivity index (χ3v) is 4.69. The molecule has 0 unspecified atom stereocenters. The summed E-state index contributed by atoms with van der Waals surface area (Å²) in [7, 11) is 1.58. The fourth-order valence-corrected chi connectivity index (χ4v) is 2.97. The van der Waals surface area contributed by atoms with Gasteiger partial charge in [0.2, 0.25) is 11.8 Å². The van der Waals surface area contributed by atoms with E-state index in [2.05, 4.69) is 5.32 Å². The Morgan fingerprint density at radius 3 is 2.17 bits per heavy atom. The van der Waals surface area contributed by atoms with Gasteiger partial charge in [-0.05, 0) is 48.9 Å². The highest BCUT2D eigenvalue weighted by Crippen LogP contribution is 2.23. The number of carbonyl (C=O) groups excluding carboxylic acids is 4. The van der Waals surface area contributed by atoms with Gasteiger partial charge in [-0.15, -0.1) is 0 Å². The van der Waals surface area contributed by atoms with Crippen LogP contribution in [-0.2, 0) is 25.7 Å². The van der Waals surface area contributed by atoms with Crippen LogP contribution in [-0.4, -0.2) is 36.9 Å². The van der Waals surface area contributed by atoms with Crippen LogP contribution in [0, 0.1) is 0 Å². The van der Waals surface area contributed by atoms with Gasteiger partial charge in [0, 0.05) is 19.4 Å². The zero-order chi connectivity index (χ0) is 21.7. The predicted octanol–water partition coefficient (Wildman–Crippen LogP) is 2.21. The number of carbonyl (C=O) groups is 4. The summed E-state index contributed by atoms with van der Waals surface area (Å²) < 4.78 is 10.3. The van der Waals surface area contributed by atoms with Crippen molar-refractivity contribution in [1.29, 1.82) is 0 Å². The van der Waals surface area contributed by atoms with Crippen molar-refractivity contribution in [3.63, 3.8) is 0 Å². The lowest BCUT2D eigenvalue weighted by Gasteiger charge is -2.15. The van der Waals surface area contributed by atoms with Gasteiger partial charge >= 0.3 is 5.97 Å². The van der Waals surface area contributed by atoms with Crippen LogP contribution in [0.3, 0.4) is 0 Å². The minimum Gasteiger partial charge on any atom is -0.497 e. The van der Waals surface area contributed by atoms with Gasteiger partial charge in [0.25, 0.3) is 5.91 Å². The number of methoxy groups -OCH3 is 1. The van der Waals surface area contributed by atoms with Crippen LogP contribution < -0.4 is 15.0 Å². The Morgan fingerprint density at radius 2 is 1.60 bits per heavy atom. The van der Waals surface area contributed by atoms with E-state index in [1.807, 2.05) is 12.1 Å². The molecule has 156 valence electrons. The number of rotatable bonds is 7. The van der Waals surface area contributed by atoms with Crippen molar-refractivity contribution in [2.24, 2.45) is 0 Å². The van der Waals surface area contributed by atoms with Crippen LogP contribution in [0.2, 0.25) is 0 Å². The van der Waals surface area contributed by atoms with Gasteiger partial charge in [-0.1, -0.05) is 12.1 Å². The van der Waals surface area contributed by atoms with Gasteiger partial charge in [0.1, 0.15) is 5.75 Å². The van der Waals surface area contributed by atoms with E-state index in [9.17, 15) is 19.2 Å². The first-order chi connectivity index (χ1) is 14.4. The molecule has 1 atom stereocenters. The summed E-state index contributed by atoms with van der Waals surface area (Å²) in [6, 6.07) is 13.2. The van der Waals surface area contributed by atoms with Crippen LogP contribution in [0.5, 0.6) is 5.75 Å². The molecule has 1 saturated heterocycles. The molecular formula is C22H22N2O6. The normalized spacial score (nSPS) is 14.4. The summed E-state index contributed by atoms with van der Waals surface area (Å²) in [4.78, 5) is 49.2. The highest BCUT2D eigenvalue weighted by molar-refractivity contribution is 6.19. The van der Waals surface area contributed by atoms with E-state index in [0.717, 1.165) is 16.2 Å². The molecule has 1 fully saturated rings.